The monoisotopic (exact) mass is 397 g/mol. The van der Waals surface area contributed by atoms with Gasteiger partial charge in [-0.3, -0.25) is 4.98 Å². The normalized spacial score (nSPS) is 21.2. The minimum absolute atomic E-state index is 0.0259. The Bertz CT molecular complexity index is 649. The summed E-state index contributed by atoms with van der Waals surface area (Å²) >= 11 is 10.7. The van der Waals surface area contributed by atoms with Crippen molar-refractivity contribution >= 4 is 44.6 Å². The molecule has 0 unspecified atom stereocenters. The molecule has 1 aliphatic heterocycles. The molecular weight excluding hydrogens is 382 g/mol. The lowest BCUT2D eigenvalue weighted by atomic mass is 10.0. The average Bonchev–Trinajstić information content (AvgIpc) is 3.09. The summed E-state index contributed by atoms with van der Waals surface area (Å²) in [6.45, 7) is 0.889. The molecule has 2 N–H and O–H groups in total. The Hall–Kier alpha value is -1.02. The van der Waals surface area contributed by atoms with Gasteiger partial charge in [0, 0.05) is 34.1 Å². The first kappa shape index (κ1) is 15.9. The SMILES string of the molecule is OCCCN1C(=S)N[C@H](c2ccccn2)[C@H]1c1cc(Br)cs1. The Kier molecular flexibility index (Phi) is 5.07. The number of hydrogen-bond acceptors (Lipinski definition) is 4. The highest BCUT2D eigenvalue weighted by Crippen LogP contribution is 2.41. The van der Waals surface area contributed by atoms with Gasteiger partial charge in [-0.05, 0) is 52.8 Å². The summed E-state index contributed by atoms with van der Waals surface area (Å²) in [5, 5.41) is 15.3. The second-order valence-corrected chi connectivity index (χ2v) is 7.31. The molecule has 0 radical (unpaired) electrons. The second kappa shape index (κ2) is 7.04. The van der Waals surface area contributed by atoms with E-state index in [2.05, 4.69) is 42.6 Å². The van der Waals surface area contributed by atoms with Crippen LogP contribution in [-0.2, 0) is 0 Å². The van der Waals surface area contributed by atoms with Crippen LogP contribution in [0.1, 0.15) is 29.1 Å². The van der Waals surface area contributed by atoms with Crippen molar-refractivity contribution in [3.63, 3.8) is 0 Å². The first-order valence-corrected chi connectivity index (χ1v) is 9.11. The minimum Gasteiger partial charge on any atom is -0.396 e. The van der Waals surface area contributed by atoms with Crippen molar-refractivity contribution in [2.75, 3.05) is 13.2 Å². The van der Waals surface area contributed by atoms with Crippen LogP contribution >= 0.6 is 39.5 Å². The number of nitrogens with one attached hydrogen (secondary N) is 1. The molecule has 0 aliphatic carbocycles. The second-order valence-electron chi connectivity index (χ2n) is 5.06. The van der Waals surface area contributed by atoms with Crippen LogP contribution in [-0.4, -0.2) is 33.3 Å². The third-order valence-electron chi connectivity index (χ3n) is 3.63. The number of thiocarbonyl (C=S) groups is 1. The van der Waals surface area contributed by atoms with E-state index in [0.29, 0.717) is 6.42 Å². The number of nitrogens with zero attached hydrogens (tertiary/aromatic N) is 2. The van der Waals surface area contributed by atoms with Gasteiger partial charge in [0.1, 0.15) is 0 Å². The van der Waals surface area contributed by atoms with E-state index < -0.39 is 0 Å². The molecule has 0 spiro atoms. The third-order valence-corrected chi connectivity index (χ3v) is 5.75. The van der Waals surface area contributed by atoms with E-state index in [1.165, 1.54) is 4.88 Å². The highest BCUT2D eigenvalue weighted by atomic mass is 79.9. The molecule has 2 aromatic heterocycles. The molecule has 116 valence electrons. The van der Waals surface area contributed by atoms with E-state index in [-0.39, 0.29) is 18.7 Å². The van der Waals surface area contributed by atoms with Gasteiger partial charge in [-0.1, -0.05) is 6.07 Å². The average molecular weight is 398 g/mol. The largest absolute Gasteiger partial charge is 0.396 e. The molecule has 1 aliphatic rings. The van der Waals surface area contributed by atoms with Crippen LogP contribution in [0.4, 0.5) is 0 Å². The van der Waals surface area contributed by atoms with Crippen LogP contribution in [0.2, 0.25) is 0 Å². The van der Waals surface area contributed by atoms with Gasteiger partial charge in [-0.2, -0.15) is 0 Å². The predicted molar refractivity (Wildman–Crippen MR) is 95.9 cm³/mol. The Morgan fingerprint density at radius 3 is 2.95 bits per heavy atom. The number of halogens is 1. The topological polar surface area (TPSA) is 48.4 Å². The minimum atomic E-state index is 0.0259. The Morgan fingerprint density at radius 2 is 2.32 bits per heavy atom. The zero-order valence-corrected chi connectivity index (χ0v) is 15.0. The Morgan fingerprint density at radius 1 is 1.45 bits per heavy atom. The van der Waals surface area contributed by atoms with E-state index in [1.807, 2.05) is 18.2 Å². The van der Waals surface area contributed by atoms with Crippen LogP contribution in [0.25, 0.3) is 0 Å². The van der Waals surface area contributed by atoms with Gasteiger partial charge >= 0.3 is 0 Å². The summed E-state index contributed by atoms with van der Waals surface area (Å²) in [6.07, 6.45) is 2.50. The van der Waals surface area contributed by atoms with E-state index in [9.17, 15) is 0 Å². The maximum Gasteiger partial charge on any atom is 0.170 e. The zero-order chi connectivity index (χ0) is 15.5. The van der Waals surface area contributed by atoms with Crippen molar-refractivity contribution in [2.24, 2.45) is 0 Å². The van der Waals surface area contributed by atoms with E-state index in [0.717, 1.165) is 21.8 Å². The standard InChI is InChI=1S/C15H16BrN3OS2/c16-10-8-12(22-9-10)14-13(11-4-1-2-5-17-11)18-15(21)19(14)6-3-7-20/h1-2,4-5,8-9,13-14,20H,3,6-7H2,(H,18,21)/t13-,14-/m1/s1. The molecule has 1 fully saturated rings. The van der Waals surface area contributed by atoms with E-state index in [4.69, 9.17) is 17.3 Å². The smallest absolute Gasteiger partial charge is 0.170 e. The van der Waals surface area contributed by atoms with Gasteiger partial charge in [-0.15, -0.1) is 11.3 Å². The summed E-state index contributed by atoms with van der Waals surface area (Å²) < 4.78 is 1.08. The molecule has 3 heterocycles. The van der Waals surface area contributed by atoms with E-state index in [1.54, 1.807) is 17.5 Å². The molecule has 0 saturated carbocycles. The number of pyridine rings is 1. The number of aromatic nitrogens is 1. The summed E-state index contributed by atoms with van der Waals surface area (Å²) in [5.41, 5.74) is 0.978. The van der Waals surface area contributed by atoms with Crippen molar-refractivity contribution in [2.45, 2.75) is 18.5 Å². The molecule has 2 atom stereocenters. The first-order valence-electron chi connectivity index (χ1n) is 7.03. The molecule has 3 rings (SSSR count). The number of aliphatic hydroxyl groups is 1. The lowest BCUT2D eigenvalue weighted by Crippen LogP contribution is -2.30. The van der Waals surface area contributed by atoms with Gasteiger partial charge in [-0.25, -0.2) is 0 Å². The van der Waals surface area contributed by atoms with Crippen LogP contribution in [0.15, 0.2) is 40.3 Å². The Labute approximate surface area is 147 Å². The summed E-state index contributed by atoms with van der Waals surface area (Å²) in [5.74, 6) is 0. The fourth-order valence-electron chi connectivity index (χ4n) is 2.68. The maximum atomic E-state index is 9.15. The predicted octanol–water partition coefficient (Wildman–Crippen LogP) is 3.26. The molecule has 4 nitrogen and oxygen atoms in total. The number of hydrogen-bond donors (Lipinski definition) is 2. The first-order chi connectivity index (χ1) is 10.7. The molecule has 7 heteroatoms. The maximum absolute atomic E-state index is 9.15. The molecule has 1 saturated heterocycles. The van der Waals surface area contributed by atoms with Gasteiger partial charge < -0.3 is 15.3 Å². The molecule has 0 amide bonds. The zero-order valence-electron chi connectivity index (χ0n) is 11.8. The fraction of sp³-hybridized carbons (Fsp3) is 0.333. The van der Waals surface area contributed by atoms with Crippen molar-refractivity contribution in [1.29, 1.82) is 0 Å². The summed E-state index contributed by atoms with van der Waals surface area (Å²) in [6, 6.07) is 8.18. The fourth-order valence-corrected chi connectivity index (χ4v) is 4.60. The van der Waals surface area contributed by atoms with Crippen LogP contribution in [0, 0.1) is 0 Å². The Balaban J connectivity index is 1.96. The van der Waals surface area contributed by atoms with Gasteiger partial charge in [0.15, 0.2) is 5.11 Å². The van der Waals surface area contributed by atoms with Crippen LogP contribution < -0.4 is 5.32 Å². The summed E-state index contributed by atoms with van der Waals surface area (Å²) in [7, 11) is 0. The molecular formula is C15H16BrN3OS2. The lowest BCUT2D eigenvalue weighted by molar-refractivity contribution is 0.249. The number of aliphatic hydroxyl groups excluding tert-OH is 1. The van der Waals surface area contributed by atoms with Crippen LogP contribution in [0.3, 0.4) is 0 Å². The summed E-state index contributed by atoms with van der Waals surface area (Å²) in [4.78, 5) is 7.87. The van der Waals surface area contributed by atoms with Gasteiger partial charge in [0.05, 0.1) is 17.8 Å². The van der Waals surface area contributed by atoms with Crippen molar-refractivity contribution < 1.29 is 5.11 Å². The van der Waals surface area contributed by atoms with Gasteiger partial charge in [0.2, 0.25) is 0 Å². The quantitative estimate of drug-likeness (QED) is 0.758. The highest BCUT2D eigenvalue weighted by molar-refractivity contribution is 9.10. The molecule has 0 aromatic carbocycles. The highest BCUT2D eigenvalue weighted by Gasteiger charge is 2.40. The van der Waals surface area contributed by atoms with Crippen molar-refractivity contribution in [3.8, 4) is 0 Å². The third kappa shape index (κ3) is 3.17. The molecule has 2 aromatic rings. The number of rotatable bonds is 5. The lowest BCUT2D eigenvalue weighted by Gasteiger charge is -2.26. The molecule has 0 bridgehead atoms. The van der Waals surface area contributed by atoms with Crippen LogP contribution in [0.5, 0.6) is 0 Å². The number of thiophene rings is 1. The van der Waals surface area contributed by atoms with Crippen molar-refractivity contribution in [3.05, 3.63) is 50.9 Å². The van der Waals surface area contributed by atoms with Crippen molar-refractivity contribution in [1.82, 2.24) is 15.2 Å². The van der Waals surface area contributed by atoms with E-state index >= 15 is 0 Å². The van der Waals surface area contributed by atoms with Gasteiger partial charge in [0.25, 0.3) is 0 Å². The molecule has 22 heavy (non-hydrogen) atoms.